The number of aliphatic hydroxyl groups is 1. The molecule has 2 heterocycles. The van der Waals surface area contributed by atoms with Gasteiger partial charge >= 0.3 is 0 Å². The van der Waals surface area contributed by atoms with Crippen molar-refractivity contribution in [2.75, 3.05) is 45.8 Å². The highest BCUT2D eigenvalue weighted by Gasteiger charge is 2.27. The maximum atomic E-state index is 12.2. The molecule has 6 nitrogen and oxygen atoms in total. The molecule has 0 aliphatic carbocycles. The maximum absolute atomic E-state index is 12.2. The molecule has 0 spiro atoms. The number of β-amino-alcohol motifs (C(OH)–C–C–N with tert-alkyl or cyclic N) is 1. The predicted molar refractivity (Wildman–Crippen MR) is 98.2 cm³/mol. The Bertz CT molecular complexity index is 533. The van der Waals surface area contributed by atoms with E-state index in [2.05, 4.69) is 20.4 Å². The summed E-state index contributed by atoms with van der Waals surface area (Å²) in [5.74, 6) is 0.0198. The van der Waals surface area contributed by atoms with Gasteiger partial charge in [-0.1, -0.05) is 30.3 Å². The highest BCUT2D eigenvalue weighted by Crippen LogP contribution is 2.15. The molecule has 0 radical (unpaired) electrons. The molecule has 0 saturated carbocycles. The second-order valence-corrected chi connectivity index (χ2v) is 7.13. The van der Waals surface area contributed by atoms with Crippen molar-refractivity contribution in [3.05, 3.63) is 35.9 Å². The lowest BCUT2D eigenvalue weighted by Crippen LogP contribution is -2.46. The SMILES string of the molecule is O=C(CN1CCN(C2CCNCC2)C[C@@H](O)C1)NCc1ccccc1. The minimum atomic E-state index is -0.390. The molecule has 25 heavy (non-hydrogen) atoms. The number of rotatable bonds is 5. The Morgan fingerprint density at radius 3 is 2.68 bits per heavy atom. The smallest absolute Gasteiger partial charge is 0.234 e. The number of amides is 1. The number of hydrogen-bond donors (Lipinski definition) is 3. The van der Waals surface area contributed by atoms with Gasteiger partial charge in [-0.3, -0.25) is 14.6 Å². The summed E-state index contributed by atoms with van der Waals surface area (Å²) in [7, 11) is 0. The third kappa shape index (κ3) is 5.78. The number of nitrogens with one attached hydrogen (secondary N) is 2. The molecule has 0 bridgehead atoms. The van der Waals surface area contributed by atoms with Gasteiger partial charge in [0.2, 0.25) is 5.91 Å². The van der Waals surface area contributed by atoms with Crippen LogP contribution in [0.25, 0.3) is 0 Å². The first-order valence-electron chi connectivity index (χ1n) is 9.36. The molecule has 2 aliphatic heterocycles. The molecule has 3 N–H and O–H groups in total. The van der Waals surface area contributed by atoms with Crippen LogP contribution in [-0.2, 0) is 11.3 Å². The first-order valence-corrected chi connectivity index (χ1v) is 9.36. The molecule has 2 aliphatic rings. The van der Waals surface area contributed by atoms with E-state index in [0.29, 0.717) is 32.2 Å². The van der Waals surface area contributed by atoms with Crippen molar-refractivity contribution in [2.24, 2.45) is 0 Å². The summed E-state index contributed by atoms with van der Waals surface area (Å²) in [6, 6.07) is 10.5. The molecular formula is C19H30N4O2. The molecule has 1 aromatic rings. The van der Waals surface area contributed by atoms with Crippen LogP contribution in [0.3, 0.4) is 0 Å². The van der Waals surface area contributed by atoms with Gasteiger partial charge < -0.3 is 15.7 Å². The van der Waals surface area contributed by atoms with Gasteiger partial charge in [0.1, 0.15) is 0 Å². The summed E-state index contributed by atoms with van der Waals surface area (Å²) < 4.78 is 0. The highest BCUT2D eigenvalue weighted by molar-refractivity contribution is 5.78. The van der Waals surface area contributed by atoms with Crippen molar-refractivity contribution >= 4 is 5.91 Å². The number of piperidine rings is 1. The fourth-order valence-corrected chi connectivity index (χ4v) is 3.78. The summed E-state index contributed by atoms with van der Waals surface area (Å²) >= 11 is 0. The van der Waals surface area contributed by atoms with Crippen LogP contribution in [0.4, 0.5) is 0 Å². The molecule has 1 amide bonds. The van der Waals surface area contributed by atoms with Gasteiger partial charge in [-0.15, -0.1) is 0 Å². The standard InChI is InChI=1S/C19H30N4O2/c24-18-13-22(10-11-23(14-18)17-6-8-20-9-7-17)15-19(25)21-12-16-4-2-1-3-5-16/h1-5,17-18,20,24H,6-15H2,(H,21,25)/t18-/m0/s1. The Hall–Kier alpha value is -1.47. The minimum Gasteiger partial charge on any atom is -0.390 e. The van der Waals surface area contributed by atoms with Gasteiger partial charge in [0.25, 0.3) is 0 Å². The Morgan fingerprint density at radius 1 is 1.16 bits per heavy atom. The lowest BCUT2D eigenvalue weighted by Gasteiger charge is -2.34. The van der Waals surface area contributed by atoms with Crippen LogP contribution in [0.2, 0.25) is 0 Å². The van der Waals surface area contributed by atoms with Crippen LogP contribution in [0.1, 0.15) is 18.4 Å². The highest BCUT2D eigenvalue weighted by atomic mass is 16.3. The fraction of sp³-hybridized carbons (Fsp3) is 0.632. The Labute approximate surface area is 150 Å². The first-order chi connectivity index (χ1) is 12.2. The fourth-order valence-electron chi connectivity index (χ4n) is 3.78. The molecule has 2 saturated heterocycles. The second-order valence-electron chi connectivity index (χ2n) is 7.13. The summed E-state index contributed by atoms with van der Waals surface area (Å²) in [6.45, 7) is 6.06. The van der Waals surface area contributed by atoms with E-state index in [9.17, 15) is 9.90 Å². The quantitative estimate of drug-likeness (QED) is 0.702. The zero-order valence-electron chi connectivity index (χ0n) is 14.9. The number of hydrogen-bond acceptors (Lipinski definition) is 5. The van der Waals surface area contributed by atoms with Crippen LogP contribution in [0.15, 0.2) is 30.3 Å². The van der Waals surface area contributed by atoms with E-state index < -0.39 is 0 Å². The van der Waals surface area contributed by atoms with Gasteiger partial charge in [-0.25, -0.2) is 0 Å². The molecule has 3 rings (SSSR count). The zero-order valence-corrected chi connectivity index (χ0v) is 14.9. The predicted octanol–water partition coefficient (Wildman–Crippen LogP) is 0.0333. The monoisotopic (exact) mass is 346 g/mol. The molecule has 0 unspecified atom stereocenters. The van der Waals surface area contributed by atoms with Crippen LogP contribution < -0.4 is 10.6 Å². The lowest BCUT2D eigenvalue weighted by atomic mass is 10.0. The van der Waals surface area contributed by atoms with Crippen molar-refractivity contribution in [3.63, 3.8) is 0 Å². The summed E-state index contributed by atoms with van der Waals surface area (Å²) in [6.07, 6.45) is 1.90. The van der Waals surface area contributed by atoms with Gasteiger partial charge in [-0.05, 0) is 31.5 Å². The van der Waals surface area contributed by atoms with Crippen LogP contribution in [-0.4, -0.2) is 78.8 Å². The maximum Gasteiger partial charge on any atom is 0.234 e. The zero-order chi connectivity index (χ0) is 17.5. The van der Waals surface area contributed by atoms with E-state index in [4.69, 9.17) is 0 Å². The largest absolute Gasteiger partial charge is 0.390 e. The third-order valence-electron chi connectivity index (χ3n) is 5.14. The molecule has 6 heteroatoms. The van der Waals surface area contributed by atoms with Gasteiger partial charge in [0, 0.05) is 38.8 Å². The summed E-state index contributed by atoms with van der Waals surface area (Å²) in [5.41, 5.74) is 1.10. The number of benzene rings is 1. The van der Waals surface area contributed by atoms with Gasteiger partial charge in [-0.2, -0.15) is 0 Å². The number of nitrogens with zero attached hydrogens (tertiary/aromatic N) is 2. The van der Waals surface area contributed by atoms with E-state index in [1.165, 1.54) is 0 Å². The third-order valence-corrected chi connectivity index (χ3v) is 5.14. The molecular weight excluding hydrogens is 316 g/mol. The van der Waals surface area contributed by atoms with E-state index in [-0.39, 0.29) is 12.0 Å². The summed E-state index contributed by atoms with van der Waals surface area (Å²) in [4.78, 5) is 16.7. The van der Waals surface area contributed by atoms with Crippen LogP contribution in [0, 0.1) is 0 Å². The topological polar surface area (TPSA) is 67.8 Å². The van der Waals surface area contributed by atoms with E-state index in [1.54, 1.807) is 0 Å². The Morgan fingerprint density at radius 2 is 1.92 bits per heavy atom. The van der Waals surface area contributed by atoms with Gasteiger partial charge in [0.15, 0.2) is 0 Å². The van der Waals surface area contributed by atoms with E-state index in [0.717, 1.165) is 44.6 Å². The van der Waals surface area contributed by atoms with Crippen molar-refractivity contribution in [3.8, 4) is 0 Å². The average Bonchev–Trinajstić information content (AvgIpc) is 2.83. The molecule has 138 valence electrons. The number of carbonyl (C=O) groups is 1. The lowest BCUT2D eigenvalue weighted by molar-refractivity contribution is -0.122. The van der Waals surface area contributed by atoms with E-state index >= 15 is 0 Å². The van der Waals surface area contributed by atoms with Crippen molar-refractivity contribution in [1.82, 2.24) is 20.4 Å². The van der Waals surface area contributed by atoms with Gasteiger partial charge in [0.05, 0.1) is 12.6 Å². The average molecular weight is 346 g/mol. The molecule has 2 fully saturated rings. The normalized spacial score (nSPS) is 24.0. The number of carbonyl (C=O) groups excluding carboxylic acids is 1. The Balaban J connectivity index is 1.45. The minimum absolute atomic E-state index is 0.0198. The van der Waals surface area contributed by atoms with Crippen LogP contribution >= 0.6 is 0 Å². The molecule has 0 aromatic heterocycles. The Kier molecular flexibility index (Phi) is 6.81. The van der Waals surface area contributed by atoms with Crippen molar-refractivity contribution < 1.29 is 9.90 Å². The number of aliphatic hydroxyl groups excluding tert-OH is 1. The van der Waals surface area contributed by atoms with E-state index in [1.807, 2.05) is 30.3 Å². The molecule has 1 atom stereocenters. The second kappa shape index (κ2) is 9.29. The molecule has 1 aromatic carbocycles. The first kappa shape index (κ1) is 18.3. The summed E-state index contributed by atoms with van der Waals surface area (Å²) in [5, 5.41) is 16.7. The van der Waals surface area contributed by atoms with Crippen molar-refractivity contribution in [1.29, 1.82) is 0 Å². The van der Waals surface area contributed by atoms with Crippen molar-refractivity contribution in [2.45, 2.75) is 31.5 Å². The van der Waals surface area contributed by atoms with Crippen LogP contribution in [0.5, 0.6) is 0 Å².